The molecule has 0 atom stereocenters. The van der Waals surface area contributed by atoms with Crippen molar-refractivity contribution in [1.82, 2.24) is 25.1 Å². The Bertz CT molecular complexity index is 1420. The van der Waals surface area contributed by atoms with E-state index in [1.165, 1.54) is 18.2 Å². The first kappa shape index (κ1) is 23.5. The fourth-order valence-electron chi connectivity index (χ4n) is 2.47. The Morgan fingerprint density at radius 2 is 1.76 bits per heavy atom. The molecule has 4 aromatic rings. The molecule has 0 saturated carbocycles. The highest BCUT2D eigenvalue weighted by atomic mass is 35.5. The van der Waals surface area contributed by atoms with Crippen molar-refractivity contribution >= 4 is 67.2 Å². The third-order valence-electron chi connectivity index (χ3n) is 4.02. The highest BCUT2D eigenvalue weighted by Gasteiger charge is 2.23. The number of hydrogen-bond donors (Lipinski definition) is 2. The predicted octanol–water partition coefficient (Wildman–Crippen LogP) is 4.28. The summed E-state index contributed by atoms with van der Waals surface area (Å²) in [5.74, 6) is -0.271. The molecule has 0 radical (unpaired) electrons. The normalized spacial score (nSPS) is 11.5. The summed E-state index contributed by atoms with van der Waals surface area (Å²) in [6, 6.07) is 11.1. The van der Waals surface area contributed by atoms with Gasteiger partial charge in [-0.1, -0.05) is 51.3 Å². The minimum Gasteiger partial charge on any atom is -0.338 e. The van der Waals surface area contributed by atoms with Gasteiger partial charge in [0.15, 0.2) is 0 Å². The van der Waals surface area contributed by atoms with Gasteiger partial charge in [0.1, 0.15) is 0 Å². The summed E-state index contributed by atoms with van der Waals surface area (Å²) in [5.41, 5.74) is 0.800. The van der Waals surface area contributed by atoms with E-state index in [4.69, 9.17) is 39.3 Å². The van der Waals surface area contributed by atoms with Gasteiger partial charge in [-0.05, 0) is 42.5 Å². The van der Waals surface area contributed by atoms with Crippen LogP contribution < -0.4 is 10.0 Å². The first-order valence-electron chi connectivity index (χ1n) is 8.89. The number of benzene rings is 2. The highest BCUT2D eigenvalue weighted by molar-refractivity contribution is 7.91. The van der Waals surface area contributed by atoms with Crippen molar-refractivity contribution in [1.29, 1.82) is 0 Å². The maximum atomic E-state index is 12.5. The Hall–Kier alpha value is -2.61. The average Bonchev–Trinajstić information content (AvgIpc) is 3.43. The second-order valence-electron chi connectivity index (χ2n) is 6.29. The van der Waals surface area contributed by atoms with Crippen molar-refractivity contribution in [2.24, 2.45) is 0 Å². The van der Waals surface area contributed by atoms with Crippen molar-refractivity contribution in [3.05, 3.63) is 69.0 Å². The molecule has 0 unspecified atom stereocenters. The Morgan fingerprint density at radius 1 is 1.03 bits per heavy atom. The Kier molecular flexibility index (Phi) is 6.93. The van der Waals surface area contributed by atoms with Crippen LogP contribution in [0.15, 0.2) is 51.3 Å². The summed E-state index contributed by atoms with van der Waals surface area (Å²) in [7, 11) is -4.06. The molecule has 0 aliphatic carbocycles. The van der Waals surface area contributed by atoms with Gasteiger partial charge in [0.2, 0.25) is 21.2 Å². The number of rotatable bonds is 7. The van der Waals surface area contributed by atoms with Crippen LogP contribution in [0.25, 0.3) is 11.4 Å². The summed E-state index contributed by atoms with van der Waals surface area (Å²) in [6.45, 7) is -0.273. The number of sulfonamides is 1. The molecule has 15 heteroatoms. The van der Waals surface area contributed by atoms with E-state index >= 15 is 0 Å². The van der Waals surface area contributed by atoms with Crippen LogP contribution in [0.2, 0.25) is 15.1 Å². The molecule has 0 spiro atoms. The monoisotopic (exact) mass is 544 g/mol. The zero-order valence-electron chi connectivity index (χ0n) is 16.1. The lowest BCUT2D eigenvalue weighted by atomic mass is 10.2. The summed E-state index contributed by atoms with van der Waals surface area (Å²) in [4.78, 5) is 16.5. The molecule has 0 bridgehead atoms. The Labute approximate surface area is 205 Å². The third kappa shape index (κ3) is 5.66. The van der Waals surface area contributed by atoms with Gasteiger partial charge in [0.25, 0.3) is 15.9 Å². The molecule has 2 aromatic carbocycles. The largest absolute Gasteiger partial charge is 0.338 e. The molecule has 2 aromatic heterocycles. The third-order valence-corrected chi connectivity index (χ3v) is 7.42. The fourth-order valence-corrected chi connectivity index (χ4v) is 5.00. The van der Waals surface area contributed by atoms with Gasteiger partial charge in [0.05, 0.1) is 17.1 Å². The van der Waals surface area contributed by atoms with Gasteiger partial charge < -0.3 is 4.52 Å². The van der Waals surface area contributed by atoms with Gasteiger partial charge in [-0.25, -0.2) is 8.42 Å². The predicted molar refractivity (Wildman–Crippen MR) is 123 cm³/mol. The minimum absolute atomic E-state index is 0.0331. The molecule has 0 saturated heterocycles. The van der Waals surface area contributed by atoms with Crippen molar-refractivity contribution < 1.29 is 17.7 Å². The first-order chi connectivity index (χ1) is 15.7. The van der Waals surface area contributed by atoms with E-state index < -0.39 is 15.9 Å². The molecule has 0 fully saturated rings. The topological polar surface area (TPSA) is 140 Å². The Balaban J connectivity index is 1.40. The molecule has 33 heavy (non-hydrogen) atoms. The number of halogens is 3. The van der Waals surface area contributed by atoms with Crippen LogP contribution in [0.4, 0.5) is 5.13 Å². The quantitative estimate of drug-likeness (QED) is 0.328. The summed E-state index contributed by atoms with van der Waals surface area (Å²) in [6.07, 6.45) is 0. The van der Waals surface area contributed by atoms with E-state index in [1.807, 2.05) is 0 Å². The molecule has 2 heterocycles. The smallest absolute Gasteiger partial charge is 0.270 e. The number of amides is 1. The average molecular weight is 546 g/mol. The van der Waals surface area contributed by atoms with E-state index in [-0.39, 0.29) is 38.3 Å². The SMILES string of the molecule is O=C(Nc1nnc(S(=O)(=O)NCc2nc(-c3ccc(Cl)cc3)no2)s1)c1ccc(Cl)cc1Cl. The van der Waals surface area contributed by atoms with E-state index in [0.717, 1.165) is 0 Å². The summed E-state index contributed by atoms with van der Waals surface area (Å²) >= 11 is 18.3. The van der Waals surface area contributed by atoms with E-state index in [1.54, 1.807) is 24.3 Å². The van der Waals surface area contributed by atoms with Crippen LogP contribution in [-0.4, -0.2) is 34.7 Å². The van der Waals surface area contributed by atoms with E-state index in [2.05, 4.69) is 30.4 Å². The number of aromatic nitrogens is 4. The zero-order valence-corrected chi connectivity index (χ0v) is 20.0. The molecular formula is C18H11Cl3N6O4S2. The maximum Gasteiger partial charge on any atom is 0.270 e. The summed E-state index contributed by atoms with van der Waals surface area (Å²) in [5, 5.41) is 14.6. The molecule has 4 rings (SSSR count). The van der Waals surface area contributed by atoms with Crippen LogP contribution in [0.3, 0.4) is 0 Å². The van der Waals surface area contributed by atoms with Crippen molar-refractivity contribution in [3.63, 3.8) is 0 Å². The van der Waals surface area contributed by atoms with Crippen molar-refractivity contribution in [2.45, 2.75) is 10.9 Å². The lowest BCUT2D eigenvalue weighted by Crippen LogP contribution is -2.23. The number of hydrogen-bond acceptors (Lipinski definition) is 9. The van der Waals surface area contributed by atoms with Gasteiger partial charge in [-0.15, -0.1) is 10.2 Å². The van der Waals surface area contributed by atoms with Gasteiger partial charge in [0, 0.05) is 15.6 Å². The second kappa shape index (κ2) is 9.71. The number of anilines is 1. The number of carbonyl (C=O) groups excluding carboxylic acids is 1. The lowest BCUT2D eigenvalue weighted by molar-refractivity contribution is 0.102. The molecular weight excluding hydrogens is 535 g/mol. The van der Waals surface area contributed by atoms with Crippen LogP contribution in [-0.2, 0) is 16.6 Å². The minimum atomic E-state index is -4.06. The molecule has 170 valence electrons. The second-order valence-corrected chi connectivity index (χ2v) is 10.5. The molecule has 0 aliphatic rings. The van der Waals surface area contributed by atoms with Crippen molar-refractivity contribution in [3.8, 4) is 11.4 Å². The van der Waals surface area contributed by atoms with Gasteiger partial charge in [-0.2, -0.15) is 9.71 Å². The number of nitrogens with zero attached hydrogens (tertiary/aromatic N) is 4. The molecule has 1 amide bonds. The Morgan fingerprint density at radius 3 is 2.48 bits per heavy atom. The fraction of sp³-hybridized carbons (Fsp3) is 0.0556. The van der Waals surface area contributed by atoms with Gasteiger partial charge >= 0.3 is 0 Å². The first-order valence-corrected chi connectivity index (χ1v) is 12.3. The summed E-state index contributed by atoms with van der Waals surface area (Å²) < 4.78 is 32.1. The standard InChI is InChI=1S/C18H11Cl3N6O4S2/c19-10-3-1-9(2-4-10)15-23-14(31-27-15)8-22-33(29,30)18-26-25-17(32-18)24-16(28)12-6-5-11(20)7-13(12)21/h1-7,22H,8H2,(H,24,25,28). The lowest BCUT2D eigenvalue weighted by Gasteiger charge is -2.03. The zero-order chi connectivity index (χ0) is 23.6. The molecule has 10 nitrogen and oxygen atoms in total. The number of carbonyl (C=O) groups is 1. The van der Waals surface area contributed by atoms with E-state index in [0.29, 0.717) is 26.9 Å². The van der Waals surface area contributed by atoms with Crippen LogP contribution >= 0.6 is 46.1 Å². The van der Waals surface area contributed by atoms with Crippen molar-refractivity contribution in [2.75, 3.05) is 5.32 Å². The van der Waals surface area contributed by atoms with Crippen LogP contribution in [0.1, 0.15) is 16.2 Å². The van der Waals surface area contributed by atoms with E-state index in [9.17, 15) is 13.2 Å². The highest BCUT2D eigenvalue weighted by Crippen LogP contribution is 2.24. The van der Waals surface area contributed by atoms with Gasteiger partial charge in [-0.3, -0.25) is 10.1 Å². The molecule has 0 aliphatic heterocycles. The van der Waals surface area contributed by atoms with Crippen LogP contribution in [0, 0.1) is 0 Å². The van der Waals surface area contributed by atoms with Crippen LogP contribution in [0.5, 0.6) is 0 Å². The number of nitrogens with one attached hydrogen (secondary N) is 2. The maximum absolute atomic E-state index is 12.5. The molecule has 2 N–H and O–H groups in total.